The summed E-state index contributed by atoms with van der Waals surface area (Å²) in [6, 6.07) is 15.3. The van der Waals surface area contributed by atoms with E-state index in [1.54, 1.807) is 19.1 Å². The first-order valence-electron chi connectivity index (χ1n) is 8.72. The Morgan fingerprint density at radius 3 is 2.17 bits per heavy atom. The number of H-pyrrole nitrogens is 1. The number of terminal acetylenes is 1. The Balaban J connectivity index is 0.000000286. The SMILES string of the molecule is C#Cc1ccc(F)c(-n2c(=O)[nH]c3c(C)cccc3c2=O)c1F.c1cc2ccc1-2. The molecule has 2 aromatic carbocycles. The van der Waals surface area contributed by atoms with Gasteiger partial charge in [0.1, 0.15) is 5.69 Å². The lowest BCUT2D eigenvalue weighted by Crippen LogP contribution is -2.35. The van der Waals surface area contributed by atoms with Crippen LogP contribution in [0.4, 0.5) is 8.78 Å². The van der Waals surface area contributed by atoms with E-state index in [1.807, 2.05) is 5.92 Å². The van der Waals surface area contributed by atoms with Crippen LogP contribution in [0.5, 0.6) is 0 Å². The van der Waals surface area contributed by atoms with Gasteiger partial charge >= 0.3 is 5.69 Å². The monoisotopic (exact) mass is 388 g/mol. The summed E-state index contributed by atoms with van der Waals surface area (Å²) in [6.45, 7) is 1.71. The maximum Gasteiger partial charge on any atom is 0.333 e. The van der Waals surface area contributed by atoms with Gasteiger partial charge in [0.05, 0.1) is 16.5 Å². The van der Waals surface area contributed by atoms with Gasteiger partial charge in [-0.05, 0) is 41.8 Å². The number of hydrogen-bond donors (Lipinski definition) is 1. The van der Waals surface area contributed by atoms with Crippen LogP contribution in [0, 0.1) is 30.9 Å². The van der Waals surface area contributed by atoms with E-state index >= 15 is 0 Å². The molecule has 2 aliphatic rings. The number of hydrogen-bond acceptors (Lipinski definition) is 2. The van der Waals surface area contributed by atoms with Crippen LogP contribution < -0.4 is 11.2 Å². The van der Waals surface area contributed by atoms with E-state index in [2.05, 4.69) is 29.2 Å². The van der Waals surface area contributed by atoms with Crippen LogP contribution in [0.1, 0.15) is 11.1 Å². The first-order valence-corrected chi connectivity index (χ1v) is 8.72. The van der Waals surface area contributed by atoms with Crippen molar-refractivity contribution in [2.24, 2.45) is 0 Å². The van der Waals surface area contributed by atoms with Gasteiger partial charge in [0.25, 0.3) is 5.56 Å². The fraction of sp³-hybridized carbons (Fsp3) is 0.0435. The molecule has 142 valence electrons. The molecule has 1 N–H and O–H groups in total. The highest BCUT2D eigenvalue weighted by Gasteiger charge is 2.20. The summed E-state index contributed by atoms with van der Waals surface area (Å²) >= 11 is 0. The van der Waals surface area contributed by atoms with E-state index < -0.39 is 28.6 Å². The molecule has 0 saturated carbocycles. The number of fused-ring (bicyclic) bond motifs is 2. The average molecular weight is 388 g/mol. The molecule has 0 saturated heterocycles. The van der Waals surface area contributed by atoms with Crippen molar-refractivity contribution in [1.29, 1.82) is 0 Å². The van der Waals surface area contributed by atoms with Crippen LogP contribution >= 0.6 is 0 Å². The molecule has 0 aliphatic heterocycles. The fourth-order valence-corrected chi connectivity index (χ4v) is 3.11. The topological polar surface area (TPSA) is 54.9 Å². The summed E-state index contributed by atoms with van der Waals surface area (Å²) in [5.74, 6) is -0.138. The van der Waals surface area contributed by atoms with Crippen molar-refractivity contribution in [1.82, 2.24) is 9.55 Å². The molecule has 29 heavy (non-hydrogen) atoms. The smallest absolute Gasteiger partial charge is 0.306 e. The van der Waals surface area contributed by atoms with E-state index in [0.717, 1.165) is 12.1 Å². The van der Waals surface area contributed by atoms with Gasteiger partial charge in [-0.3, -0.25) is 4.79 Å². The fourth-order valence-electron chi connectivity index (χ4n) is 3.11. The second kappa shape index (κ2) is 6.88. The number of nitrogens with zero attached hydrogens (tertiary/aromatic N) is 1. The number of para-hydroxylation sites is 1. The zero-order chi connectivity index (χ0) is 20.7. The summed E-state index contributed by atoms with van der Waals surface area (Å²) < 4.78 is 28.9. The van der Waals surface area contributed by atoms with Crippen molar-refractivity contribution in [3.63, 3.8) is 0 Å². The second-order valence-electron chi connectivity index (χ2n) is 6.55. The van der Waals surface area contributed by atoms with Crippen molar-refractivity contribution in [3.8, 4) is 29.2 Å². The normalized spacial score (nSPS) is 10.8. The van der Waals surface area contributed by atoms with Gasteiger partial charge in [-0.2, -0.15) is 0 Å². The minimum atomic E-state index is -1.13. The van der Waals surface area contributed by atoms with Crippen LogP contribution in [0.25, 0.3) is 27.7 Å². The molecule has 3 aromatic rings. The summed E-state index contributed by atoms with van der Waals surface area (Å²) in [5.41, 5.74) is 1.06. The zero-order valence-electron chi connectivity index (χ0n) is 15.3. The van der Waals surface area contributed by atoms with Crippen LogP contribution in [-0.4, -0.2) is 9.55 Å². The van der Waals surface area contributed by atoms with Gasteiger partial charge in [0.2, 0.25) is 0 Å². The third kappa shape index (κ3) is 2.93. The first-order chi connectivity index (χ1) is 13.9. The van der Waals surface area contributed by atoms with Gasteiger partial charge in [-0.15, -0.1) is 6.42 Å². The van der Waals surface area contributed by atoms with Crippen molar-refractivity contribution in [2.75, 3.05) is 0 Å². The molecule has 0 unspecified atom stereocenters. The maximum atomic E-state index is 14.4. The molecule has 0 fully saturated rings. The van der Waals surface area contributed by atoms with E-state index in [-0.39, 0.29) is 10.9 Å². The Morgan fingerprint density at radius 2 is 1.62 bits per heavy atom. The Labute approximate surface area is 164 Å². The minimum absolute atomic E-state index is 0.148. The van der Waals surface area contributed by atoms with Crippen molar-refractivity contribution in [3.05, 3.63) is 98.2 Å². The van der Waals surface area contributed by atoms with Gasteiger partial charge in [0.15, 0.2) is 11.6 Å². The van der Waals surface area contributed by atoms with Crippen LogP contribution in [-0.2, 0) is 0 Å². The number of benzene rings is 3. The standard InChI is InChI=1S/C17H10F2N2O2.C6H4/c1-3-10-7-8-12(18)15(13(10)19)21-16(22)11-6-4-5-9(2)14(11)20-17(21)23;1-2-6-4-3-5(1)6/h1,4-8H,2H3,(H,20,23);1-4H. The van der Waals surface area contributed by atoms with Gasteiger partial charge < -0.3 is 4.98 Å². The first kappa shape index (κ1) is 18.4. The lowest BCUT2D eigenvalue weighted by atomic mass is 9.95. The molecule has 0 amide bonds. The van der Waals surface area contributed by atoms with Crippen molar-refractivity contribution < 1.29 is 8.78 Å². The predicted octanol–water partition coefficient (Wildman–Crippen LogP) is 3.91. The third-order valence-electron chi connectivity index (χ3n) is 4.81. The molecule has 4 nitrogen and oxygen atoms in total. The molecule has 2 aliphatic carbocycles. The lowest BCUT2D eigenvalue weighted by Gasteiger charge is -2.10. The Bertz CT molecular complexity index is 1400. The number of nitrogens with one attached hydrogen (secondary N) is 1. The lowest BCUT2D eigenvalue weighted by molar-refractivity contribution is 0.561. The minimum Gasteiger partial charge on any atom is -0.306 e. The van der Waals surface area contributed by atoms with Crippen LogP contribution in [0.15, 0.2) is 64.2 Å². The third-order valence-corrected chi connectivity index (χ3v) is 4.81. The summed E-state index contributed by atoms with van der Waals surface area (Å²) in [4.78, 5) is 27.3. The highest BCUT2D eigenvalue weighted by molar-refractivity contribution is 5.80. The number of aromatic amines is 1. The van der Waals surface area contributed by atoms with E-state index in [0.29, 0.717) is 15.6 Å². The highest BCUT2D eigenvalue weighted by atomic mass is 19.1. The van der Waals surface area contributed by atoms with Gasteiger partial charge in [-0.25, -0.2) is 18.1 Å². The number of aromatic nitrogens is 2. The quantitative estimate of drug-likeness (QED) is 0.443. The van der Waals surface area contributed by atoms with E-state index in [1.165, 1.54) is 17.2 Å². The molecular weight excluding hydrogens is 374 g/mol. The second-order valence-corrected chi connectivity index (χ2v) is 6.55. The highest BCUT2D eigenvalue weighted by Crippen LogP contribution is 2.29. The maximum absolute atomic E-state index is 14.4. The molecule has 0 spiro atoms. The molecule has 1 aromatic heterocycles. The molecule has 0 atom stereocenters. The molecule has 0 radical (unpaired) electrons. The Hall–Kier alpha value is -3.98. The zero-order valence-corrected chi connectivity index (χ0v) is 15.3. The average Bonchev–Trinajstić information content (AvgIpc) is 2.68. The largest absolute Gasteiger partial charge is 0.333 e. The molecule has 5 rings (SSSR count). The van der Waals surface area contributed by atoms with Gasteiger partial charge in [-0.1, -0.05) is 42.3 Å². The summed E-state index contributed by atoms with van der Waals surface area (Å²) in [5, 5.41) is 0.148. The Kier molecular flexibility index (Phi) is 4.36. The number of aryl methyl sites for hydroxylation is 1. The number of halogens is 2. The van der Waals surface area contributed by atoms with E-state index in [4.69, 9.17) is 6.42 Å². The summed E-state index contributed by atoms with van der Waals surface area (Å²) in [7, 11) is 0. The van der Waals surface area contributed by atoms with Gasteiger partial charge in [0, 0.05) is 0 Å². The Morgan fingerprint density at radius 1 is 0.966 bits per heavy atom. The van der Waals surface area contributed by atoms with Crippen LogP contribution in [0.3, 0.4) is 0 Å². The predicted molar refractivity (Wildman–Crippen MR) is 108 cm³/mol. The van der Waals surface area contributed by atoms with Crippen molar-refractivity contribution >= 4 is 10.9 Å². The van der Waals surface area contributed by atoms with Crippen LogP contribution in [0.2, 0.25) is 0 Å². The molecular formula is C23H14F2N2O2. The molecule has 1 heterocycles. The summed E-state index contributed by atoms with van der Waals surface area (Å²) in [6.07, 6.45) is 5.15. The molecule has 0 bridgehead atoms. The number of rotatable bonds is 1. The molecule has 6 heteroatoms. The van der Waals surface area contributed by atoms with E-state index in [9.17, 15) is 18.4 Å². The van der Waals surface area contributed by atoms with Crippen molar-refractivity contribution in [2.45, 2.75) is 6.92 Å².